The molecule has 2 aromatic heterocycles. The summed E-state index contributed by atoms with van der Waals surface area (Å²) in [4.78, 5) is 28.3. The molecule has 1 fully saturated rings. The first-order valence-electron chi connectivity index (χ1n) is 14.2. The van der Waals surface area contributed by atoms with E-state index in [4.69, 9.17) is 20.8 Å². The Bertz CT molecular complexity index is 1410. The third-order valence-electron chi connectivity index (χ3n) is 7.36. The molecule has 1 aliphatic rings. The van der Waals surface area contributed by atoms with E-state index >= 15 is 0 Å². The fourth-order valence-corrected chi connectivity index (χ4v) is 5.04. The molecule has 1 aromatic carbocycles. The highest BCUT2D eigenvalue weighted by Gasteiger charge is 2.61. The van der Waals surface area contributed by atoms with Gasteiger partial charge in [-0.05, 0) is 55.4 Å². The van der Waals surface area contributed by atoms with Crippen LogP contribution >= 0.6 is 11.6 Å². The van der Waals surface area contributed by atoms with Crippen LogP contribution in [0.5, 0.6) is 0 Å². The van der Waals surface area contributed by atoms with E-state index in [1.165, 1.54) is 11.1 Å². The summed E-state index contributed by atoms with van der Waals surface area (Å²) in [6, 6.07) is 15.7. The van der Waals surface area contributed by atoms with Gasteiger partial charge in [0, 0.05) is 38.3 Å². The number of rotatable bonds is 12. The van der Waals surface area contributed by atoms with Gasteiger partial charge in [0.2, 0.25) is 0 Å². The Balaban J connectivity index is 0.000000250. The molecule has 1 aliphatic carbocycles. The molecule has 0 bridgehead atoms. The van der Waals surface area contributed by atoms with Crippen molar-refractivity contribution in [1.82, 2.24) is 15.2 Å². The third-order valence-corrected chi connectivity index (χ3v) is 7.58. The summed E-state index contributed by atoms with van der Waals surface area (Å²) in [7, 11) is 1.65. The van der Waals surface area contributed by atoms with E-state index in [1.54, 1.807) is 25.6 Å². The number of pyridine rings is 1. The van der Waals surface area contributed by atoms with Gasteiger partial charge in [-0.1, -0.05) is 73.5 Å². The highest BCUT2D eigenvalue weighted by molar-refractivity contribution is 6.29. The zero-order valence-corrected chi connectivity index (χ0v) is 26.4. The SMILES string of the molecule is CC(C)=CC1C(C(=O)OCc2coc(Cc3ccccc3)c2)C1(C)C.CCN(Cc1ccc(Cl)nc1)/C(=C/[N+](=O)[O-])NC. The summed E-state index contributed by atoms with van der Waals surface area (Å²) in [6.45, 7) is 11.7. The first-order valence-corrected chi connectivity index (χ1v) is 14.6. The van der Waals surface area contributed by atoms with Crippen molar-refractivity contribution in [2.75, 3.05) is 13.6 Å². The molecule has 0 saturated heterocycles. The van der Waals surface area contributed by atoms with Crippen LogP contribution in [0, 0.1) is 27.4 Å². The second-order valence-corrected chi connectivity index (χ2v) is 11.7. The number of allylic oxidation sites excluding steroid dienone is 2. The van der Waals surface area contributed by atoms with Gasteiger partial charge in [-0.3, -0.25) is 14.9 Å². The summed E-state index contributed by atoms with van der Waals surface area (Å²) < 4.78 is 11.1. The van der Waals surface area contributed by atoms with E-state index in [0.29, 0.717) is 24.1 Å². The van der Waals surface area contributed by atoms with E-state index in [9.17, 15) is 14.9 Å². The lowest BCUT2D eigenvalue weighted by Gasteiger charge is -2.23. The summed E-state index contributed by atoms with van der Waals surface area (Å²) in [5, 5.41) is 13.8. The van der Waals surface area contributed by atoms with E-state index < -0.39 is 4.92 Å². The van der Waals surface area contributed by atoms with Crippen LogP contribution in [-0.2, 0) is 29.1 Å². The second-order valence-electron chi connectivity index (χ2n) is 11.3. The normalized spacial score (nSPS) is 16.8. The largest absolute Gasteiger partial charge is 0.469 e. The Morgan fingerprint density at radius 1 is 1.19 bits per heavy atom. The smallest absolute Gasteiger partial charge is 0.310 e. The Labute approximate surface area is 258 Å². The van der Waals surface area contributed by atoms with Gasteiger partial charge in [0.15, 0.2) is 5.82 Å². The number of ether oxygens (including phenoxy) is 1. The number of benzene rings is 1. The molecule has 2 unspecified atom stereocenters. The van der Waals surface area contributed by atoms with Gasteiger partial charge in [-0.25, -0.2) is 4.98 Å². The molecule has 10 heteroatoms. The lowest BCUT2D eigenvalue weighted by atomic mass is 10.1. The fourth-order valence-electron chi connectivity index (χ4n) is 4.93. The van der Waals surface area contributed by atoms with Crippen molar-refractivity contribution in [3.8, 4) is 0 Å². The lowest BCUT2D eigenvalue weighted by molar-refractivity contribution is -0.404. The Morgan fingerprint density at radius 2 is 1.91 bits per heavy atom. The molecule has 0 amide bonds. The van der Waals surface area contributed by atoms with Crippen LogP contribution in [0.25, 0.3) is 0 Å². The van der Waals surface area contributed by atoms with Crippen LogP contribution in [0.15, 0.2) is 89.1 Å². The van der Waals surface area contributed by atoms with Crippen LogP contribution in [0.3, 0.4) is 0 Å². The average Bonchev–Trinajstić information content (AvgIpc) is 3.26. The quantitative estimate of drug-likeness (QED) is 0.0769. The minimum atomic E-state index is -0.478. The van der Waals surface area contributed by atoms with Gasteiger partial charge in [-0.15, -0.1) is 0 Å². The predicted molar refractivity (Wildman–Crippen MR) is 167 cm³/mol. The van der Waals surface area contributed by atoms with Crippen molar-refractivity contribution < 1.29 is 18.9 Å². The highest BCUT2D eigenvalue weighted by atomic mass is 35.5. The number of nitrogens with zero attached hydrogens (tertiary/aromatic N) is 3. The van der Waals surface area contributed by atoms with Crippen molar-refractivity contribution in [1.29, 1.82) is 0 Å². The van der Waals surface area contributed by atoms with Crippen molar-refractivity contribution in [3.63, 3.8) is 0 Å². The Kier molecular flexibility index (Phi) is 11.9. The number of carbonyl (C=O) groups excluding carboxylic acids is 1. The highest BCUT2D eigenvalue weighted by Crippen LogP contribution is 2.59. The van der Waals surface area contributed by atoms with E-state index in [1.807, 2.05) is 42.2 Å². The Hall–Kier alpha value is -4.11. The van der Waals surface area contributed by atoms with Gasteiger partial charge in [0.25, 0.3) is 6.20 Å². The maximum Gasteiger partial charge on any atom is 0.310 e. The number of hydrogen-bond acceptors (Lipinski definition) is 8. The van der Waals surface area contributed by atoms with Crippen LogP contribution in [0.2, 0.25) is 5.15 Å². The lowest BCUT2D eigenvalue weighted by Crippen LogP contribution is -2.30. The zero-order valence-electron chi connectivity index (χ0n) is 25.7. The van der Waals surface area contributed by atoms with Gasteiger partial charge in [0.1, 0.15) is 17.5 Å². The molecule has 4 rings (SSSR count). The van der Waals surface area contributed by atoms with Gasteiger partial charge in [0.05, 0.1) is 17.1 Å². The summed E-state index contributed by atoms with van der Waals surface area (Å²) in [6.07, 6.45) is 7.21. The number of carbonyl (C=O) groups is 1. The van der Waals surface area contributed by atoms with Crippen LogP contribution in [-0.4, -0.2) is 34.4 Å². The molecule has 0 aliphatic heterocycles. The minimum absolute atomic E-state index is 0.0107. The van der Waals surface area contributed by atoms with Crippen molar-refractivity contribution >= 4 is 17.6 Å². The monoisotopic (exact) mass is 608 g/mol. The van der Waals surface area contributed by atoms with E-state index in [0.717, 1.165) is 29.5 Å². The second kappa shape index (κ2) is 15.4. The number of nitro groups is 1. The molecule has 0 radical (unpaired) electrons. The molecule has 3 aromatic rings. The molecule has 230 valence electrons. The topological polar surface area (TPSA) is 111 Å². The maximum atomic E-state index is 12.4. The molecule has 2 heterocycles. The number of esters is 1. The number of nitrogens with one attached hydrogen (secondary N) is 1. The fraction of sp³-hybridized carbons (Fsp3) is 0.394. The Morgan fingerprint density at radius 3 is 2.49 bits per heavy atom. The first-order chi connectivity index (χ1) is 20.4. The minimum Gasteiger partial charge on any atom is -0.469 e. The van der Waals surface area contributed by atoms with E-state index in [2.05, 4.69) is 56.2 Å². The zero-order chi connectivity index (χ0) is 31.6. The average molecular weight is 609 g/mol. The first kappa shape index (κ1) is 33.4. The predicted octanol–water partition coefficient (Wildman–Crippen LogP) is 7.00. The summed E-state index contributed by atoms with van der Waals surface area (Å²) in [5.74, 6) is 1.46. The van der Waals surface area contributed by atoms with Crippen LogP contribution in [0.4, 0.5) is 0 Å². The molecular weight excluding hydrogens is 568 g/mol. The van der Waals surface area contributed by atoms with Crippen LogP contribution < -0.4 is 5.32 Å². The molecule has 2 atom stereocenters. The molecular formula is C33H41ClN4O5. The van der Waals surface area contributed by atoms with Crippen molar-refractivity contribution in [2.45, 2.75) is 54.2 Å². The van der Waals surface area contributed by atoms with Crippen molar-refractivity contribution in [2.24, 2.45) is 17.3 Å². The van der Waals surface area contributed by atoms with E-state index in [-0.39, 0.29) is 29.8 Å². The number of aromatic nitrogens is 1. The van der Waals surface area contributed by atoms with Crippen molar-refractivity contribution in [3.05, 3.63) is 122 Å². The number of halogens is 1. The molecule has 43 heavy (non-hydrogen) atoms. The third kappa shape index (κ3) is 9.99. The summed E-state index contributed by atoms with van der Waals surface area (Å²) in [5.41, 5.74) is 4.27. The summed E-state index contributed by atoms with van der Waals surface area (Å²) >= 11 is 5.70. The van der Waals surface area contributed by atoms with Crippen LogP contribution in [0.1, 0.15) is 57.1 Å². The van der Waals surface area contributed by atoms with Gasteiger partial charge >= 0.3 is 5.97 Å². The maximum absolute atomic E-state index is 12.4. The molecule has 0 spiro atoms. The van der Waals surface area contributed by atoms with Gasteiger partial charge < -0.3 is 19.4 Å². The van der Waals surface area contributed by atoms with Gasteiger partial charge in [-0.2, -0.15) is 0 Å². The standard InChI is InChI=1S/C22H26O3.C11H15ClN4O2/c1-15(2)10-19-20(22(19,3)4)21(23)25-14-17-12-18(24-13-17)11-16-8-6-5-7-9-16;1-3-15(11(13-2)8-16(17)18)7-9-4-5-10(12)14-6-9/h5-10,12-13,19-20H,11,14H2,1-4H3;4-6,8,13H,3,7H2,1-2H3/b;11-8+. The number of furan rings is 1. The molecule has 1 saturated carbocycles. The molecule has 1 N–H and O–H groups in total. The number of hydrogen-bond donors (Lipinski definition) is 1. The molecule has 9 nitrogen and oxygen atoms in total.